The molecule has 0 saturated heterocycles. The van der Waals surface area contributed by atoms with E-state index < -0.39 is 12.0 Å². The van der Waals surface area contributed by atoms with Crippen LogP contribution in [-0.4, -0.2) is 38.0 Å². The van der Waals surface area contributed by atoms with Gasteiger partial charge in [-0.25, -0.2) is 9.79 Å². The Morgan fingerprint density at radius 2 is 1.82 bits per heavy atom. The number of ether oxygens (including phenoxy) is 4. The molecule has 2 heterocycles. The molecule has 0 aliphatic carbocycles. The van der Waals surface area contributed by atoms with E-state index in [9.17, 15) is 9.59 Å². The summed E-state index contributed by atoms with van der Waals surface area (Å²) >= 11 is 9.32. The molecular weight excluding hydrogens is 826 g/mol. The standard InChI is InChI=1S/C28H25BrI2N2O6S/c1-6-8-39-25-18(30)9-15(10-19(25)31)11-22-26(34)33-24(16-12-20(36-4)21(37-5)13-17(16)29)23(27(35)38-7-2)14(3)32-28(33)40-22/h6,9-13,24H,1,7-8H2,2-5H3/b22-11-/t24-/m0/s1. The normalized spacial score (nSPS) is 14.9. The molecule has 0 fully saturated rings. The van der Waals surface area contributed by atoms with Gasteiger partial charge in [0, 0.05) is 4.47 Å². The van der Waals surface area contributed by atoms with Crippen LogP contribution in [0.15, 0.2) is 62.5 Å². The molecule has 0 amide bonds. The Morgan fingerprint density at radius 1 is 1.18 bits per heavy atom. The summed E-state index contributed by atoms with van der Waals surface area (Å²) in [5.74, 6) is 1.20. The van der Waals surface area contributed by atoms with Crippen LogP contribution in [0.4, 0.5) is 0 Å². The van der Waals surface area contributed by atoms with Gasteiger partial charge in [0.15, 0.2) is 16.3 Å². The maximum absolute atomic E-state index is 14.0. The Bertz CT molecular complexity index is 1690. The Kier molecular flexibility index (Phi) is 10.2. The number of benzene rings is 2. The highest BCUT2D eigenvalue weighted by atomic mass is 127. The van der Waals surface area contributed by atoms with E-state index >= 15 is 0 Å². The van der Waals surface area contributed by atoms with Crippen molar-refractivity contribution in [3.63, 3.8) is 0 Å². The van der Waals surface area contributed by atoms with Gasteiger partial charge in [0.25, 0.3) is 5.56 Å². The predicted molar refractivity (Wildman–Crippen MR) is 175 cm³/mol. The molecule has 12 heteroatoms. The predicted octanol–water partition coefficient (Wildman–Crippen LogP) is 5.35. The number of esters is 1. The lowest BCUT2D eigenvalue weighted by molar-refractivity contribution is -0.139. The number of methoxy groups -OCH3 is 2. The largest absolute Gasteiger partial charge is 0.493 e. The molecule has 1 aromatic heterocycles. The molecule has 2 aromatic carbocycles. The maximum Gasteiger partial charge on any atom is 0.338 e. The zero-order valence-corrected chi connectivity index (χ0v) is 28.8. The van der Waals surface area contributed by atoms with Crippen molar-refractivity contribution >= 4 is 84.5 Å². The lowest BCUT2D eigenvalue weighted by atomic mass is 9.95. The summed E-state index contributed by atoms with van der Waals surface area (Å²) in [7, 11) is 3.08. The van der Waals surface area contributed by atoms with Gasteiger partial charge in [-0.3, -0.25) is 9.36 Å². The van der Waals surface area contributed by atoms with E-state index in [1.807, 2.05) is 18.2 Å². The number of aromatic nitrogens is 1. The Morgan fingerprint density at radius 3 is 2.42 bits per heavy atom. The molecule has 0 bridgehead atoms. The average Bonchev–Trinajstić information content (AvgIpc) is 3.21. The highest BCUT2D eigenvalue weighted by Gasteiger charge is 2.35. The highest BCUT2D eigenvalue weighted by Crippen LogP contribution is 2.40. The monoisotopic (exact) mass is 850 g/mol. The van der Waals surface area contributed by atoms with E-state index in [1.165, 1.54) is 18.4 Å². The van der Waals surface area contributed by atoms with Crippen LogP contribution in [0.3, 0.4) is 0 Å². The van der Waals surface area contributed by atoms with Crippen LogP contribution in [0, 0.1) is 7.14 Å². The molecule has 0 saturated carbocycles. The second kappa shape index (κ2) is 13.2. The zero-order valence-electron chi connectivity index (χ0n) is 22.0. The van der Waals surface area contributed by atoms with Gasteiger partial charge in [-0.15, -0.1) is 0 Å². The quantitative estimate of drug-likeness (QED) is 0.164. The van der Waals surface area contributed by atoms with Gasteiger partial charge in [0.2, 0.25) is 0 Å². The minimum atomic E-state index is -0.804. The fourth-order valence-corrected chi connectivity index (χ4v) is 7.97. The van der Waals surface area contributed by atoms with Gasteiger partial charge < -0.3 is 18.9 Å². The average molecular weight is 851 g/mol. The van der Waals surface area contributed by atoms with E-state index in [-0.39, 0.29) is 17.7 Å². The summed E-state index contributed by atoms with van der Waals surface area (Å²) in [6.07, 6.45) is 3.52. The molecule has 0 unspecified atom stereocenters. The number of hydrogen-bond donors (Lipinski definition) is 0. The second-order valence-corrected chi connectivity index (χ2v) is 12.6. The molecule has 210 valence electrons. The summed E-state index contributed by atoms with van der Waals surface area (Å²) in [5.41, 5.74) is 1.96. The highest BCUT2D eigenvalue weighted by molar-refractivity contribution is 14.1. The third-order valence-corrected chi connectivity index (χ3v) is 9.25. The molecule has 4 rings (SSSR count). The number of carbonyl (C=O) groups excluding carboxylic acids is 1. The van der Waals surface area contributed by atoms with E-state index in [1.54, 1.807) is 43.7 Å². The summed E-state index contributed by atoms with van der Waals surface area (Å²) in [6, 6.07) is 6.62. The van der Waals surface area contributed by atoms with E-state index in [2.05, 4.69) is 72.7 Å². The van der Waals surface area contributed by atoms with E-state index in [0.717, 1.165) is 18.5 Å². The van der Waals surface area contributed by atoms with Gasteiger partial charge in [0.05, 0.1) is 49.8 Å². The lowest BCUT2D eigenvalue weighted by Crippen LogP contribution is -2.40. The van der Waals surface area contributed by atoms with E-state index in [4.69, 9.17) is 18.9 Å². The summed E-state index contributed by atoms with van der Waals surface area (Å²) in [5, 5.41) is 0. The van der Waals surface area contributed by atoms with Crippen molar-refractivity contribution in [2.75, 3.05) is 27.4 Å². The summed E-state index contributed by atoms with van der Waals surface area (Å²) < 4.78 is 26.7. The van der Waals surface area contributed by atoms with Gasteiger partial charge >= 0.3 is 5.97 Å². The van der Waals surface area contributed by atoms with Gasteiger partial charge in [-0.1, -0.05) is 39.9 Å². The minimum Gasteiger partial charge on any atom is -0.493 e. The molecule has 0 N–H and O–H groups in total. The van der Waals surface area contributed by atoms with Gasteiger partial charge in [0.1, 0.15) is 12.4 Å². The van der Waals surface area contributed by atoms with Crippen LogP contribution in [0.2, 0.25) is 0 Å². The van der Waals surface area contributed by atoms with Crippen LogP contribution in [0.25, 0.3) is 6.08 Å². The lowest BCUT2D eigenvalue weighted by Gasteiger charge is -2.26. The third-order valence-electron chi connectivity index (χ3n) is 5.98. The number of halogens is 3. The molecule has 40 heavy (non-hydrogen) atoms. The third kappa shape index (κ3) is 6.04. The molecule has 0 radical (unpaired) electrons. The fourth-order valence-electron chi connectivity index (χ4n) is 4.26. The van der Waals surface area contributed by atoms with Crippen molar-refractivity contribution in [3.05, 3.63) is 90.6 Å². The number of nitrogens with zero attached hydrogens (tertiary/aromatic N) is 2. The number of fused-ring (bicyclic) bond motifs is 1. The van der Waals surface area contributed by atoms with Crippen molar-refractivity contribution in [1.82, 2.24) is 4.57 Å². The number of thiazole rings is 1. The number of carbonyl (C=O) groups is 1. The molecule has 1 atom stereocenters. The zero-order chi connectivity index (χ0) is 29.1. The van der Waals surface area contributed by atoms with Crippen LogP contribution < -0.4 is 29.1 Å². The topological polar surface area (TPSA) is 88.3 Å². The smallest absolute Gasteiger partial charge is 0.338 e. The van der Waals surface area contributed by atoms with Crippen molar-refractivity contribution in [2.24, 2.45) is 4.99 Å². The van der Waals surface area contributed by atoms with Crippen LogP contribution in [-0.2, 0) is 9.53 Å². The van der Waals surface area contributed by atoms with Crippen LogP contribution in [0.5, 0.6) is 17.2 Å². The Balaban J connectivity index is 1.96. The SMILES string of the molecule is C=CCOc1c(I)cc(/C=c2\sc3n(c2=O)[C@@H](c2cc(OC)c(OC)cc2Br)C(C(=O)OCC)=C(C)N=3)cc1I. The molecule has 8 nitrogen and oxygen atoms in total. The molecule has 1 aliphatic rings. The van der Waals surface area contributed by atoms with Crippen LogP contribution in [0.1, 0.15) is 31.0 Å². The number of hydrogen-bond acceptors (Lipinski definition) is 8. The first-order valence-electron chi connectivity index (χ1n) is 12.0. The fraction of sp³-hybridized carbons (Fsp3) is 0.250. The first-order chi connectivity index (χ1) is 19.1. The minimum absolute atomic E-state index is 0.184. The Hall–Kier alpha value is -2.17. The van der Waals surface area contributed by atoms with Gasteiger partial charge in [-0.05, 0) is 100 Å². The first kappa shape index (κ1) is 30.8. The van der Waals surface area contributed by atoms with Crippen molar-refractivity contribution in [3.8, 4) is 17.2 Å². The number of rotatable bonds is 9. The van der Waals surface area contributed by atoms with Crippen molar-refractivity contribution in [1.29, 1.82) is 0 Å². The first-order valence-corrected chi connectivity index (χ1v) is 15.8. The van der Waals surface area contributed by atoms with Crippen molar-refractivity contribution < 1.29 is 23.7 Å². The summed E-state index contributed by atoms with van der Waals surface area (Å²) in [4.78, 5) is 32.4. The van der Waals surface area contributed by atoms with Crippen molar-refractivity contribution in [2.45, 2.75) is 19.9 Å². The second-order valence-electron chi connectivity index (χ2n) is 8.44. The molecular formula is C28H25BrI2N2O6S. The Labute approximate surface area is 270 Å². The molecule has 1 aliphatic heterocycles. The maximum atomic E-state index is 14.0. The number of allylic oxidation sites excluding steroid dienone is 1. The molecule has 3 aromatic rings. The van der Waals surface area contributed by atoms with E-state index in [0.29, 0.717) is 43.2 Å². The van der Waals surface area contributed by atoms with Crippen LogP contribution >= 0.6 is 72.4 Å². The van der Waals surface area contributed by atoms with Gasteiger partial charge in [-0.2, -0.15) is 0 Å². The summed E-state index contributed by atoms with van der Waals surface area (Å²) in [6.45, 7) is 7.77. The molecule has 0 spiro atoms.